The highest BCUT2D eigenvalue weighted by molar-refractivity contribution is 9.10. The molecule has 0 amide bonds. The lowest BCUT2D eigenvalue weighted by atomic mass is 10.1. The Hall–Kier alpha value is -1.05. The summed E-state index contributed by atoms with van der Waals surface area (Å²) in [5.41, 5.74) is 1.80. The van der Waals surface area contributed by atoms with Crippen LogP contribution in [0, 0.1) is 17.2 Å². The molecule has 3 nitrogen and oxygen atoms in total. The van der Waals surface area contributed by atoms with Crippen LogP contribution in [0.4, 0.5) is 5.69 Å². The van der Waals surface area contributed by atoms with E-state index in [0.717, 1.165) is 35.4 Å². The van der Waals surface area contributed by atoms with Crippen LogP contribution >= 0.6 is 15.9 Å². The first kappa shape index (κ1) is 15.3. The number of nitriles is 1. The van der Waals surface area contributed by atoms with Crippen molar-refractivity contribution < 1.29 is 0 Å². The van der Waals surface area contributed by atoms with Gasteiger partial charge < -0.3 is 10.2 Å². The zero-order valence-corrected chi connectivity index (χ0v) is 13.8. The van der Waals surface area contributed by atoms with E-state index in [0.29, 0.717) is 12.0 Å². The van der Waals surface area contributed by atoms with Gasteiger partial charge in [-0.3, -0.25) is 0 Å². The number of nitrogens with one attached hydrogen (secondary N) is 1. The molecule has 20 heavy (non-hydrogen) atoms. The van der Waals surface area contributed by atoms with Gasteiger partial charge in [-0.25, -0.2) is 0 Å². The van der Waals surface area contributed by atoms with Crippen LogP contribution in [0.1, 0.15) is 32.3 Å². The molecular formula is C16H22BrN3. The average molecular weight is 336 g/mol. The van der Waals surface area contributed by atoms with E-state index in [-0.39, 0.29) is 0 Å². The third kappa shape index (κ3) is 3.97. The van der Waals surface area contributed by atoms with Gasteiger partial charge in [-0.2, -0.15) is 5.26 Å². The van der Waals surface area contributed by atoms with Gasteiger partial charge in [-0.15, -0.1) is 0 Å². The Labute approximate surface area is 130 Å². The first-order chi connectivity index (χ1) is 9.60. The first-order valence-electron chi connectivity index (χ1n) is 7.28. The summed E-state index contributed by atoms with van der Waals surface area (Å²) < 4.78 is 1.03. The first-order valence-corrected chi connectivity index (χ1v) is 8.07. The van der Waals surface area contributed by atoms with Crippen molar-refractivity contribution >= 4 is 21.6 Å². The van der Waals surface area contributed by atoms with Crippen molar-refractivity contribution in [1.29, 1.82) is 5.26 Å². The Morgan fingerprint density at radius 2 is 2.30 bits per heavy atom. The summed E-state index contributed by atoms with van der Waals surface area (Å²) in [4.78, 5) is 2.36. The topological polar surface area (TPSA) is 39.1 Å². The van der Waals surface area contributed by atoms with Gasteiger partial charge in [0.05, 0.1) is 11.3 Å². The predicted molar refractivity (Wildman–Crippen MR) is 86.9 cm³/mol. The van der Waals surface area contributed by atoms with E-state index in [1.165, 1.54) is 12.8 Å². The largest absolute Gasteiger partial charge is 0.369 e. The number of rotatable bonds is 5. The SMILES string of the molecule is CC(C)CN(CC1CCCN1)c1cc(Br)ccc1C#N. The fourth-order valence-corrected chi connectivity index (χ4v) is 3.10. The number of hydrogen-bond acceptors (Lipinski definition) is 3. The number of anilines is 1. The highest BCUT2D eigenvalue weighted by Crippen LogP contribution is 2.26. The Kier molecular flexibility index (Phi) is 5.45. The maximum absolute atomic E-state index is 9.35. The second kappa shape index (κ2) is 7.10. The van der Waals surface area contributed by atoms with Gasteiger partial charge in [0.1, 0.15) is 6.07 Å². The Bertz CT molecular complexity index is 487. The minimum Gasteiger partial charge on any atom is -0.369 e. The molecule has 0 spiro atoms. The molecule has 108 valence electrons. The lowest BCUT2D eigenvalue weighted by molar-refractivity contribution is 0.540. The molecule has 1 heterocycles. The van der Waals surface area contributed by atoms with E-state index < -0.39 is 0 Å². The molecule has 1 atom stereocenters. The smallest absolute Gasteiger partial charge is 0.101 e. The second-order valence-electron chi connectivity index (χ2n) is 5.87. The van der Waals surface area contributed by atoms with Crippen LogP contribution in [0.3, 0.4) is 0 Å². The van der Waals surface area contributed by atoms with Crippen LogP contribution in [0.15, 0.2) is 22.7 Å². The molecule has 1 aromatic rings. The van der Waals surface area contributed by atoms with E-state index >= 15 is 0 Å². The van der Waals surface area contributed by atoms with Crippen molar-refractivity contribution in [3.8, 4) is 6.07 Å². The summed E-state index contributed by atoms with van der Waals surface area (Å²) in [6, 6.07) is 8.76. The molecule has 1 saturated heterocycles. The standard InChI is InChI=1S/C16H22BrN3/c1-12(2)10-20(11-15-4-3-7-19-15)16-8-14(17)6-5-13(16)9-18/h5-6,8,12,15,19H,3-4,7,10-11H2,1-2H3. The molecule has 1 N–H and O–H groups in total. The molecule has 1 aliphatic heterocycles. The zero-order chi connectivity index (χ0) is 14.5. The van der Waals surface area contributed by atoms with E-state index in [1.807, 2.05) is 12.1 Å². The van der Waals surface area contributed by atoms with Gasteiger partial charge in [0, 0.05) is 23.6 Å². The molecule has 0 radical (unpaired) electrons. The number of benzene rings is 1. The summed E-state index contributed by atoms with van der Waals surface area (Å²) in [6.45, 7) is 7.51. The molecule has 1 aromatic carbocycles. The van der Waals surface area contributed by atoms with Gasteiger partial charge in [0.2, 0.25) is 0 Å². The second-order valence-corrected chi connectivity index (χ2v) is 6.78. The third-order valence-electron chi connectivity index (χ3n) is 3.61. The van der Waals surface area contributed by atoms with Crippen LogP contribution in [0.2, 0.25) is 0 Å². The molecule has 0 saturated carbocycles. The number of halogens is 1. The van der Waals surface area contributed by atoms with Gasteiger partial charge in [-0.05, 0) is 43.5 Å². The quantitative estimate of drug-likeness (QED) is 0.894. The van der Waals surface area contributed by atoms with Crippen LogP contribution < -0.4 is 10.2 Å². The van der Waals surface area contributed by atoms with E-state index in [4.69, 9.17) is 0 Å². The third-order valence-corrected chi connectivity index (χ3v) is 4.10. The number of hydrogen-bond donors (Lipinski definition) is 1. The van der Waals surface area contributed by atoms with E-state index in [9.17, 15) is 5.26 Å². The minimum absolute atomic E-state index is 0.541. The monoisotopic (exact) mass is 335 g/mol. The molecule has 0 aliphatic carbocycles. The average Bonchev–Trinajstić information content (AvgIpc) is 2.90. The van der Waals surface area contributed by atoms with Gasteiger partial charge in [0.25, 0.3) is 0 Å². The number of nitrogens with zero attached hydrogens (tertiary/aromatic N) is 2. The Morgan fingerprint density at radius 1 is 1.50 bits per heavy atom. The summed E-state index contributed by atoms with van der Waals surface area (Å²) in [6.07, 6.45) is 2.48. The van der Waals surface area contributed by atoms with E-state index in [1.54, 1.807) is 0 Å². The van der Waals surface area contributed by atoms with Gasteiger partial charge >= 0.3 is 0 Å². The van der Waals surface area contributed by atoms with Crippen LogP contribution in [0.5, 0.6) is 0 Å². The predicted octanol–water partition coefficient (Wildman–Crippen LogP) is 3.54. The van der Waals surface area contributed by atoms with Crippen molar-refractivity contribution in [2.45, 2.75) is 32.7 Å². The fourth-order valence-electron chi connectivity index (χ4n) is 2.75. The van der Waals surface area contributed by atoms with Gasteiger partial charge in [-0.1, -0.05) is 29.8 Å². The molecule has 1 fully saturated rings. The molecule has 0 aromatic heterocycles. The van der Waals surface area contributed by atoms with Crippen molar-refractivity contribution in [2.75, 3.05) is 24.5 Å². The van der Waals surface area contributed by atoms with Crippen molar-refractivity contribution in [3.05, 3.63) is 28.2 Å². The van der Waals surface area contributed by atoms with Crippen LogP contribution in [-0.2, 0) is 0 Å². The maximum atomic E-state index is 9.35. The lowest BCUT2D eigenvalue weighted by Gasteiger charge is -2.30. The minimum atomic E-state index is 0.541. The Balaban J connectivity index is 2.25. The Morgan fingerprint density at radius 3 is 2.90 bits per heavy atom. The summed E-state index contributed by atoms with van der Waals surface area (Å²) >= 11 is 3.52. The molecule has 0 bridgehead atoms. The molecule has 1 unspecified atom stereocenters. The van der Waals surface area contributed by atoms with Crippen LogP contribution in [-0.4, -0.2) is 25.7 Å². The zero-order valence-electron chi connectivity index (χ0n) is 12.2. The lowest BCUT2D eigenvalue weighted by Crippen LogP contribution is -2.39. The van der Waals surface area contributed by atoms with Crippen molar-refractivity contribution in [3.63, 3.8) is 0 Å². The highest BCUT2D eigenvalue weighted by atomic mass is 79.9. The molecule has 2 rings (SSSR count). The van der Waals surface area contributed by atoms with Gasteiger partial charge in [0.15, 0.2) is 0 Å². The molecule has 1 aliphatic rings. The fraction of sp³-hybridized carbons (Fsp3) is 0.562. The summed E-state index contributed by atoms with van der Waals surface area (Å²) in [5.74, 6) is 0.571. The van der Waals surface area contributed by atoms with Crippen LogP contribution in [0.25, 0.3) is 0 Å². The maximum Gasteiger partial charge on any atom is 0.101 e. The summed E-state index contributed by atoms with van der Waals surface area (Å²) in [7, 11) is 0. The highest BCUT2D eigenvalue weighted by Gasteiger charge is 2.20. The molecule has 4 heteroatoms. The molecular weight excluding hydrogens is 314 g/mol. The summed E-state index contributed by atoms with van der Waals surface area (Å²) in [5, 5.41) is 12.9. The van der Waals surface area contributed by atoms with Crippen molar-refractivity contribution in [1.82, 2.24) is 5.32 Å². The normalized spacial score (nSPS) is 18.2. The van der Waals surface area contributed by atoms with Crippen molar-refractivity contribution in [2.24, 2.45) is 5.92 Å². The van der Waals surface area contributed by atoms with E-state index in [2.05, 4.69) is 52.1 Å².